The molecule has 0 saturated carbocycles. The molecule has 0 aromatic heterocycles. The van der Waals surface area contributed by atoms with Crippen molar-refractivity contribution in [2.24, 2.45) is 0 Å². The van der Waals surface area contributed by atoms with E-state index in [9.17, 15) is 19.2 Å². The predicted molar refractivity (Wildman–Crippen MR) is 131 cm³/mol. The van der Waals surface area contributed by atoms with Gasteiger partial charge in [-0.25, -0.2) is 9.59 Å². The molecule has 0 aliphatic heterocycles. The van der Waals surface area contributed by atoms with Crippen LogP contribution < -0.4 is 10.6 Å². The minimum Gasteiger partial charge on any atom is -0.462 e. The van der Waals surface area contributed by atoms with Crippen LogP contribution in [0.25, 0.3) is 12.2 Å². The Morgan fingerprint density at radius 1 is 0.694 bits per heavy atom. The van der Waals surface area contributed by atoms with Gasteiger partial charge in [0.15, 0.2) is 0 Å². The van der Waals surface area contributed by atoms with Crippen molar-refractivity contribution in [3.8, 4) is 12.1 Å². The Kier molecular flexibility index (Phi) is 10.1. The highest BCUT2D eigenvalue weighted by Gasteiger charge is 2.15. The van der Waals surface area contributed by atoms with Crippen LogP contribution in [0, 0.1) is 22.7 Å². The number of carbonyl (C=O) groups excluding carboxylic acids is 4. The topological polar surface area (TPSA) is 158 Å². The number of benzene rings is 2. The largest absolute Gasteiger partial charge is 0.462 e. The highest BCUT2D eigenvalue weighted by Crippen LogP contribution is 2.15. The summed E-state index contributed by atoms with van der Waals surface area (Å²) in [6.45, 7) is 3.55. The molecule has 2 aromatic carbocycles. The Morgan fingerprint density at radius 3 is 1.31 bits per heavy atom. The number of nitrogens with zero attached hydrogens (tertiary/aromatic N) is 2. The van der Waals surface area contributed by atoms with Crippen LogP contribution in [0.2, 0.25) is 0 Å². The van der Waals surface area contributed by atoms with Crippen molar-refractivity contribution in [3.63, 3.8) is 0 Å². The highest BCUT2D eigenvalue weighted by atomic mass is 16.5. The van der Waals surface area contributed by atoms with Gasteiger partial charge in [0, 0.05) is 11.4 Å². The van der Waals surface area contributed by atoms with E-state index in [1.165, 1.54) is 36.4 Å². The molecule has 2 aromatic rings. The zero-order valence-corrected chi connectivity index (χ0v) is 19.5. The summed E-state index contributed by atoms with van der Waals surface area (Å²) in [6.07, 6.45) is 2.70. The molecule has 0 fully saturated rings. The third kappa shape index (κ3) is 7.97. The minimum absolute atomic E-state index is 0.143. The van der Waals surface area contributed by atoms with Gasteiger partial charge < -0.3 is 20.1 Å². The molecular formula is C26H22N4O6. The maximum Gasteiger partial charge on any atom is 0.348 e. The first kappa shape index (κ1) is 27.0. The van der Waals surface area contributed by atoms with E-state index in [0.717, 1.165) is 0 Å². The number of hydrogen-bond acceptors (Lipinski definition) is 8. The molecule has 2 amide bonds. The number of amides is 2. The maximum atomic E-state index is 12.2. The summed E-state index contributed by atoms with van der Waals surface area (Å²) in [5.41, 5.74) is 1.37. The standard InChI is InChI=1S/C26H22N4O6/c1-3-35-25(33)19(15-27)13-17-5-9-21(10-6-17)29-23(31)24(32)30-22-11-7-18(8-12-22)14-20(16-28)26(34)36-4-2/h5-14H,3-4H2,1-2H3,(H,29,31)(H,30,32)/b19-13-,20-14+. The van der Waals surface area contributed by atoms with E-state index in [0.29, 0.717) is 22.5 Å². The number of nitrogens with one attached hydrogen (secondary N) is 2. The van der Waals surface area contributed by atoms with Crippen LogP contribution >= 0.6 is 0 Å². The van der Waals surface area contributed by atoms with Crippen LogP contribution in [0.4, 0.5) is 11.4 Å². The number of esters is 2. The van der Waals surface area contributed by atoms with Gasteiger partial charge >= 0.3 is 23.8 Å². The number of nitriles is 2. The number of hydrogen-bond donors (Lipinski definition) is 2. The van der Waals surface area contributed by atoms with Crippen LogP contribution in [0.1, 0.15) is 25.0 Å². The average Bonchev–Trinajstić information content (AvgIpc) is 2.87. The average molecular weight is 486 g/mol. The molecule has 0 saturated heterocycles. The van der Waals surface area contributed by atoms with Crippen molar-refractivity contribution < 1.29 is 28.7 Å². The lowest BCUT2D eigenvalue weighted by Crippen LogP contribution is -2.29. The minimum atomic E-state index is -0.916. The van der Waals surface area contributed by atoms with Crippen molar-refractivity contribution in [3.05, 3.63) is 70.8 Å². The summed E-state index contributed by atoms with van der Waals surface area (Å²) in [5, 5.41) is 23.1. The second kappa shape index (κ2) is 13.5. The third-order valence-electron chi connectivity index (χ3n) is 4.40. The van der Waals surface area contributed by atoms with Crippen LogP contribution in [-0.4, -0.2) is 37.0 Å². The fraction of sp³-hybridized carbons (Fsp3) is 0.154. The first-order valence-corrected chi connectivity index (χ1v) is 10.7. The SMILES string of the molecule is CCOC(=O)/C(C#N)=C\c1ccc(NC(=O)C(=O)Nc2ccc(/C=C(\C#N)C(=O)OCC)cc2)cc1. The van der Waals surface area contributed by atoms with Crippen LogP contribution in [0.15, 0.2) is 59.7 Å². The summed E-state index contributed by atoms with van der Waals surface area (Å²) in [5.74, 6) is -3.30. The lowest BCUT2D eigenvalue weighted by molar-refractivity contribution is -0.138. The fourth-order valence-electron chi connectivity index (χ4n) is 2.73. The van der Waals surface area contributed by atoms with Crippen molar-refractivity contribution in [2.75, 3.05) is 23.8 Å². The molecule has 0 atom stereocenters. The van der Waals surface area contributed by atoms with Gasteiger partial charge in [-0.3, -0.25) is 9.59 Å². The normalized spacial score (nSPS) is 10.9. The van der Waals surface area contributed by atoms with Crippen molar-refractivity contribution in [1.82, 2.24) is 0 Å². The molecule has 0 heterocycles. The van der Waals surface area contributed by atoms with Crippen molar-refractivity contribution >= 4 is 47.3 Å². The summed E-state index contributed by atoms with van der Waals surface area (Å²) in [6, 6.07) is 15.8. The van der Waals surface area contributed by atoms with Crippen LogP contribution in [-0.2, 0) is 28.7 Å². The molecule has 2 N–H and O–H groups in total. The monoisotopic (exact) mass is 486 g/mol. The number of ether oxygens (including phenoxy) is 2. The molecule has 0 aliphatic rings. The number of anilines is 2. The Labute approximate surface area is 207 Å². The molecule has 182 valence electrons. The first-order valence-electron chi connectivity index (χ1n) is 10.7. The van der Waals surface area contributed by atoms with Crippen molar-refractivity contribution in [2.45, 2.75) is 13.8 Å². The summed E-state index contributed by atoms with van der Waals surface area (Å²) >= 11 is 0. The Morgan fingerprint density at radius 2 is 1.03 bits per heavy atom. The predicted octanol–water partition coefficient (Wildman–Crippen LogP) is 3.20. The van der Waals surface area contributed by atoms with Gasteiger partial charge in [-0.2, -0.15) is 10.5 Å². The summed E-state index contributed by atoms with van der Waals surface area (Å²) in [7, 11) is 0. The van der Waals surface area contributed by atoms with Gasteiger partial charge in [-0.15, -0.1) is 0 Å². The van der Waals surface area contributed by atoms with Gasteiger partial charge in [-0.1, -0.05) is 24.3 Å². The van der Waals surface area contributed by atoms with E-state index in [-0.39, 0.29) is 24.4 Å². The Balaban J connectivity index is 2.00. The summed E-state index contributed by atoms with van der Waals surface area (Å²) in [4.78, 5) is 47.9. The smallest absolute Gasteiger partial charge is 0.348 e. The van der Waals surface area contributed by atoms with E-state index in [2.05, 4.69) is 10.6 Å². The molecule has 0 radical (unpaired) electrons. The lowest BCUT2D eigenvalue weighted by Gasteiger charge is -2.07. The van der Waals surface area contributed by atoms with E-state index in [1.807, 2.05) is 0 Å². The third-order valence-corrected chi connectivity index (χ3v) is 4.40. The van der Waals surface area contributed by atoms with E-state index in [4.69, 9.17) is 20.0 Å². The molecule has 2 rings (SSSR count). The van der Waals surface area contributed by atoms with Gasteiger partial charge in [0.05, 0.1) is 13.2 Å². The molecular weight excluding hydrogens is 464 g/mol. The molecule has 0 bridgehead atoms. The summed E-state index contributed by atoms with van der Waals surface area (Å²) < 4.78 is 9.60. The molecule has 36 heavy (non-hydrogen) atoms. The molecule has 10 heteroatoms. The molecule has 0 aliphatic carbocycles. The van der Waals surface area contributed by atoms with Gasteiger partial charge in [0.1, 0.15) is 23.3 Å². The number of rotatable bonds is 8. The second-order valence-electron chi connectivity index (χ2n) is 6.93. The lowest BCUT2D eigenvalue weighted by atomic mass is 10.1. The molecule has 10 nitrogen and oxygen atoms in total. The van der Waals surface area contributed by atoms with Gasteiger partial charge in [0.25, 0.3) is 0 Å². The first-order chi connectivity index (χ1) is 17.3. The molecule has 0 unspecified atom stereocenters. The van der Waals surface area contributed by atoms with Gasteiger partial charge in [-0.05, 0) is 61.4 Å². The van der Waals surface area contributed by atoms with Gasteiger partial charge in [0.2, 0.25) is 0 Å². The maximum absolute atomic E-state index is 12.2. The van der Waals surface area contributed by atoms with Crippen LogP contribution in [0.3, 0.4) is 0 Å². The zero-order valence-electron chi connectivity index (χ0n) is 19.5. The van der Waals surface area contributed by atoms with Crippen LogP contribution in [0.5, 0.6) is 0 Å². The quantitative estimate of drug-likeness (QED) is 0.249. The Hall–Kier alpha value is -5.22. The Bertz CT molecular complexity index is 1180. The molecule has 0 spiro atoms. The fourth-order valence-corrected chi connectivity index (χ4v) is 2.73. The van der Waals surface area contributed by atoms with E-state index in [1.54, 1.807) is 50.3 Å². The highest BCUT2D eigenvalue weighted by molar-refractivity contribution is 6.43. The second-order valence-corrected chi connectivity index (χ2v) is 6.93. The number of carbonyl (C=O) groups is 4. The van der Waals surface area contributed by atoms with E-state index < -0.39 is 23.8 Å². The van der Waals surface area contributed by atoms with E-state index >= 15 is 0 Å². The van der Waals surface area contributed by atoms with Crippen molar-refractivity contribution in [1.29, 1.82) is 10.5 Å². The zero-order chi connectivity index (χ0) is 26.5.